The summed E-state index contributed by atoms with van der Waals surface area (Å²) in [5, 5.41) is 0. The van der Waals surface area contributed by atoms with Gasteiger partial charge in [-0.3, -0.25) is 0 Å². The predicted molar refractivity (Wildman–Crippen MR) is 201 cm³/mol. The molecule has 6 rings (SSSR count). The van der Waals surface area contributed by atoms with Crippen LogP contribution >= 0.6 is 45.3 Å². The molecule has 0 nitrogen and oxygen atoms in total. The van der Waals surface area contributed by atoms with E-state index >= 15 is 0 Å². The van der Waals surface area contributed by atoms with Gasteiger partial charge >= 0.3 is 0 Å². The molecule has 0 aliphatic carbocycles. The summed E-state index contributed by atoms with van der Waals surface area (Å²) in [7, 11) is 0. The standard InChI is InChI=1S/C40H42S4/c1-3-5-7-11-21-31-27-37(29-17-13-9-14-18-29)43-39(31)35-25-23-33(41-35)34-24-26-36(42-34)40-32(22-12-8-6-4-2)28-38(44-40)30-19-15-10-16-20-30/h9-10,13-20,23-28H,3-8,11-12,21-22H2,1-2H3. The van der Waals surface area contributed by atoms with Crippen molar-refractivity contribution in [1.82, 2.24) is 0 Å². The van der Waals surface area contributed by atoms with Gasteiger partial charge in [0.1, 0.15) is 0 Å². The van der Waals surface area contributed by atoms with Crippen molar-refractivity contribution in [3.05, 3.63) is 108 Å². The molecule has 4 aromatic heterocycles. The van der Waals surface area contributed by atoms with Crippen molar-refractivity contribution >= 4 is 45.3 Å². The summed E-state index contributed by atoms with van der Waals surface area (Å²) >= 11 is 7.87. The third-order valence-corrected chi connectivity index (χ3v) is 13.4. The van der Waals surface area contributed by atoms with Crippen molar-refractivity contribution in [2.24, 2.45) is 0 Å². The van der Waals surface area contributed by atoms with E-state index in [9.17, 15) is 0 Å². The number of hydrogen-bond donors (Lipinski definition) is 0. The molecule has 2 aromatic carbocycles. The van der Waals surface area contributed by atoms with Crippen LogP contribution < -0.4 is 0 Å². The van der Waals surface area contributed by atoms with Crippen molar-refractivity contribution in [2.45, 2.75) is 78.1 Å². The van der Waals surface area contributed by atoms with Gasteiger partial charge in [-0.2, -0.15) is 0 Å². The average Bonchev–Trinajstić information content (AvgIpc) is 3.88. The molecule has 4 heteroatoms. The maximum atomic E-state index is 2.47. The van der Waals surface area contributed by atoms with Crippen LogP contribution in [0.5, 0.6) is 0 Å². The lowest BCUT2D eigenvalue weighted by molar-refractivity contribution is 0.668. The quantitative estimate of drug-likeness (QED) is 0.0970. The fourth-order valence-electron chi connectivity index (χ4n) is 5.80. The van der Waals surface area contributed by atoms with Crippen LogP contribution in [0.25, 0.3) is 50.1 Å². The van der Waals surface area contributed by atoms with Crippen LogP contribution in [-0.4, -0.2) is 0 Å². The normalized spacial score (nSPS) is 11.4. The number of rotatable bonds is 15. The van der Waals surface area contributed by atoms with Gasteiger partial charge in [0.25, 0.3) is 0 Å². The first-order valence-corrected chi connectivity index (χ1v) is 19.6. The molecule has 0 saturated heterocycles. The Labute approximate surface area is 280 Å². The first-order valence-electron chi connectivity index (χ1n) is 16.3. The first kappa shape index (κ1) is 31.2. The van der Waals surface area contributed by atoms with E-state index in [1.165, 1.54) is 113 Å². The maximum Gasteiger partial charge on any atom is 0.0481 e. The van der Waals surface area contributed by atoms with Crippen molar-refractivity contribution in [1.29, 1.82) is 0 Å². The highest BCUT2D eigenvalue weighted by Gasteiger charge is 2.18. The van der Waals surface area contributed by atoms with Crippen LogP contribution in [0.2, 0.25) is 0 Å². The predicted octanol–water partition coefficient (Wildman–Crippen LogP) is 14.5. The van der Waals surface area contributed by atoms with Crippen LogP contribution in [0.3, 0.4) is 0 Å². The Morgan fingerprint density at radius 3 is 1.20 bits per heavy atom. The third-order valence-electron chi connectivity index (χ3n) is 8.24. The number of benzene rings is 2. The highest BCUT2D eigenvalue weighted by Crippen LogP contribution is 2.47. The summed E-state index contributed by atoms with van der Waals surface area (Å²) in [6.07, 6.45) is 12.7. The smallest absolute Gasteiger partial charge is 0.0481 e. The van der Waals surface area contributed by atoms with E-state index in [1.807, 2.05) is 45.3 Å². The molecule has 0 spiro atoms. The second-order valence-electron chi connectivity index (χ2n) is 11.6. The lowest BCUT2D eigenvalue weighted by Crippen LogP contribution is -1.85. The van der Waals surface area contributed by atoms with E-state index in [-0.39, 0.29) is 0 Å². The highest BCUT2D eigenvalue weighted by molar-refractivity contribution is 7.29. The Hall–Kier alpha value is -2.76. The van der Waals surface area contributed by atoms with Crippen molar-refractivity contribution in [2.75, 3.05) is 0 Å². The molecule has 0 amide bonds. The molecule has 0 bridgehead atoms. The van der Waals surface area contributed by atoms with Gasteiger partial charge in [-0.15, -0.1) is 45.3 Å². The van der Waals surface area contributed by atoms with Crippen LogP contribution in [0.4, 0.5) is 0 Å². The molecular formula is C40H42S4. The number of thiophene rings is 4. The fourth-order valence-corrected chi connectivity index (χ4v) is 10.6. The highest BCUT2D eigenvalue weighted by atomic mass is 32.1. The van der Waals surface area contributed by atoms with E-state index in [2.05, 4.69) is 111 Å². The Balaban J connectivity index is 1.27. The van der Waals surface area contributed by atoms with Gasteiger partial charge in [-0.25, -0.2) is 0 Å². The molecule has 0 N–H and O–H groups in total. The Bertz CT molecular complexity index is 1600. The van der Waals surface area contributed by atoms with E-state index in [0.29, 0.717) is 0 Å². The number of unbranched alkanes of at least 4 members (excludes halogenated alkanes) is 6. The summed E-state index contributed by atoms with van der Waals surface area (Å²) in [6, 6.07) is 36.2. The monoisotopic (exact) mass is 650 g/mol. The molecule has 0 unspecified atom stereocenters. The Kier molecular flexibility index (Phi) is 11.0. The van der Waals surface area contributed by atoms with Crippen molar-refractivity contribution in [3.63, 3.8) is 0 Å². The molecule has 0 aliphatic rings. The average molecular weight is 651 g/mol. The van der Waals surface area contributed by atoms with E-state index < -0.39 is 0 Å². The third kappa shape index (κ3) is 7.54. The van der Waals surface area contributed by atoms with E-state index in [1.54, 1.807) is 0 Å². The Morgan fingerprint density at radius 2 is 0.795 bits per heavy atom. The topological polar surface area (TPSA) is 0 Å². The number of aryl methyl sites for hydroxylation is 2. The van der Waals surface area contributed by atoms with Gasteiger partial charge in [-0.05, 0) is 84.3 Å². The summed E-state index contributed by atoms with van der Waals surface area (Å²) in [5.41, 5.74) is 5.69. The van der Waals surface area contributed by atoms with Crippen molar-refractivity contribution < 1.29 is 0 Å². The number of hydrogen-bond acceptors (Lipinski definition) is 4. The second-order valence-corrected chi connectivity index (χ2v) is 15.9. The minimum atomic E-state index is 1.16. The van der Waals surface area contributed by atoms with Crippen LogP contribution in [0.1, 0.15) is 76.3 Å². The zero-order chi connectivity index (χ0) is 30.1. The molecule has 0 aliphatic heterocycles. The minimum absolute atomic E-state index is 1.16. The summed E-state index contributed by atoms with van der Waals surface area (Å²) in [6.45, 7) is 4.59. The summed E-state index contributed by atoms with van der Waals surface area (Å²) in [4.78, 5) is 11.3. The van der Waals surface area contributed by atoms with Gasteiger partial charge in [0.05, 0.1) is 0 Å². The van der Waals surface area contributed by atoms with Crippen molar-refractivity contribution in [3.8, 4) is 50.1 Å². The summed E-state index contributed by atoms with van der Waals surface area (Å²) < 4.78 is 0. The lowest BCUT2D eigenvalue weighted by Gasteiger charge is -2.02. The molecule has 6 aromatic rings. The molecule has 4 heterocycles. The zero-order valence-electron chi connectivity index (χ0n) is 25.9. The van der Waals surface area contributed by atoms with Crippen LogP contribution in [0.15, 0.2) is 97.1 Å². The lowest BCUT2D eigenvalue weighted by atomic mass is 10.0. The first-order chi connectivity index (χ1) is 21.7. The summed E-state index contributed by atoms with van der Waals surface area (Å²) in [5.74, 6) is 0. The molecule has 0 atom stereocenters. The molecule has 0 fully saturated rings. The SMILES string of the molecule is CCCCCCc1cc(-c2ccccc2)sc1-c1ccc(-c2ccc(-c3sc(-c4ccccc4)cc3CCCCCC)s2)s1. The molecular weight excluding hydrogens is 609 g/mol. The largest absolute Gasteiger partial charge is 0.134 e. The van der Waals surface area contributed by atoms with Crippen LogP contribution in [-0.2, 0) is 12.8 Å². The molecule has 0 radical (unpaired) electrons. The Morgan fingerprint density at radius 1 is 0.386 bits per heavy atom. The zero-order valence-corrected chi connectivity index (χ0v) is 29.2. The maximum absolute atomic E-state index is 2.47. The molecule has 44 heavy (non-hydrogen) atoms. The van der Waals surface area contributed by atoms with Gasteiger partial charge in [0.15, 0.2) is 0 Å². The molecule has 226 valence electrons. The van der Waals surface area contributed by atoms with Gasteiger partial charge < -0.3 is 0 Å². The van der Waals surface area contributed by atoms with Gasteiger partial charge in [0.2, 0.25) is 0 Å². The van der Waals surface area contributed by atoms with Crippen LogP contribution in [0, 0.1) is 0 Å². The fraction of sp³-hybridized carbons (Fsp3) is 0.300. The van der Waals surface area contributed by atoms with E-state index in [0.717, 1.165) is 12.8 Å². The molecule has 0 saturated carbocycles. The van der Waals surface area contributed by atoms with E-state index in [4.69, 9.17) is 0 Å². The second kappa shape index (κ2) is 15.5. The van der Waals surface area contributed by atoms with Gasteiger partial charge in [-0.1, -0.05) is 113 Å². The minimum Gasteiger partial charge on any atom is -0.134 e. The van der Waals surface area contributed by atoms with Gasteiger partial charge in [0, 0.05) is 39.0 Å².